The molecule has 0 spiro atoms. The first-order chi connectivity index (χ1) is 18.7. The van der Waals surface area contributed by atoms with Crippen molar-refractivity contribution in [2.24, 2.45) is 51.2 Å². The van der Waals surface area contributed by atoms with E-state index in [0.717, 1.165) is 50.5 Å². The van der Waals surface area contributed by atoms with E-state index in [1.807, 2.05) is 12.4 Å². The molecule has 4 fully saturated rings. The molecule has 1 aromatic rings. The lowest BCUT2D eigenvalue weighted by atomic mass is 9.32. The number of rotatable bonds is 4. The Morgan fingerprint density at radius 2 is 1.68 bits per heavy atom. The molecule has 1 heterocycles. The van der Waals surface area contributed by atoms with E-state index in [1.54, 1.807) is 0 Å². The normalized spacial score (nSPS) is 44.7. The number of hydrogen-bond acceptors (Lipinski definition) is 5. The molecule has 40 heavy (non-hydrogen) atoms. The highest BCUT2D eigenvalue weighted by molar-refractivity contribution is 5.81. The number of aromatic nitrogens is 2. The number of hydrogen-bond donors (Lipinski definition) is 1. The fourth-order valence-corrected chi connectivity index (χ4v) is 12.1. The molecule has 218 valence electrons. The lowest BCUT2D eigenvalue weighted by Gasteiger charge is -2.72. The quantitative estimate of drug-likeness (QED) is 0.330. The Labute approximate surface area is 239 Å². The number of carboxylic acids is 1. The van der Waals surface area contributed by atoms with Crippen LogP contribution in [0.4, 0.5) is 0 Å². The van der Waals surface area contributed by atoms with E-state index in [0.29, 0.717) is 17.8 Å². The maximum Gasteiger partial charge on any atom is 0.341 e. The molecular formula is C34H48N2O4. The predicted molar refractivity (Wildman–Crippen MR) is 153 cm³/mol. The maximum absolute atomic E-state index is 13.7. The highest BCUT2D eigenvalue weighted by atomic mass is 16.6. The molecule has 1 aromatic heterocycles. The van der Waals surface area contributed by atoms with E-state index in [2.05, 4.69) is 48.1 Å². The number of aliphatic carboxylic acids is 1. The molecule has 0 radical (unpaired) electrons. The fourth-order valence-electron chi connectivity index (χ4n) is 12.1. The number of allylic oxidation sites excluding steroid dienone is 1. The van der Waals surface area contributed by atoms with Crippen LogP contribution in [-0.2, 0) is 26.2 Å². The van der Waals surface area contributed by atoms with Crippen LogP contribution < -0.4 is 0 Å². The highest BCUT2D eigenvalue weighted by Gasteiger charge is 2.72. The van der Waals surface area contributed by atoms with E-state index in [4.69, 9.17) is 14.7 Å². The Kier molecular flexibility index (Phi) is 6.19. The van der Waals surface area contributed by atoms with Gasteiger partial charge in [-0.3, -0.25) is 14.8 Å². The van der Waals surface area contributed by atoms with E-state index >= 15 is 0 Å². The summed E-state index contributed by atoms with van der Waals surface area (Å²) in [5.41, 5.74) is 3.33. The summed E-state index contributed by atoms with van der Waals surface area (Å²) in [6.07, 6.45) is 12.9. The average molecular weight is 549 g/mol. The molecule has 6 heteroatoms. The summed E-state index contributed by atoms with van der Waals surface area (Å²) >= 11 is 0. The predicted octanol–water partition coefficient (Wildman–Crippen LogP) is 6.78. The van der Waals surface area contributed by atoms with Crippen molar-refractivity contribution >= 4 is 11.9 Å². The van der Waals surface area contributed by atoms with Crippen LogP contribution in [0.1, 0.15) is 104 Å². The Hall–Kier alpha value is -2.24. The van der Waals surface area contributed by atoms with Crippen LogP contribution in [0, 0.1) is 51.2 Å². The van der Waals surface area contributed by atoms with Crippen LogP contribution in [0.5, 0.6) is 0 Å². The molecule has 6 nitrogen and oxygen atoms in total. The van der Waals surface area contributed by atoms with Crippen molar-refractivity contribution in [3.05, 3.63) is 35.9 Å². The minimum Gasteiger partial charge on any atom is -0.479 e. The molecule has 0 bridgehead atoms. The third kappa shape index (κ3) is 3.46. The first-order valence-corrected chi connectivity index (χ1v) is 15.6. The van der Waals surface area contributed by atoms with Crippen LogP contribution in [0.25, 0.3) is 0 Å². The number of carbonyl (C=O) groups is 2. The van der Waals surface area contributed by atoms with Gasteiger partial charge in [0.05, 0.1) is 16.8 Å². The van der Waals surface area contributed by atoms with Gasteiger partial charge in [-0.05, 0) is 111 Å². The molecule has 0 aliphatic heterocycles. The smallest absolute Gasteiger partial charge is 0.341 e. The molecule has 6 rings (SSSR count). The summed E-state index contributed by atoms with van der Waals surface area (Å²) in [7, 11) is 0. The number of fused-ring (bicyclic) bond motifs is 8. The number of carbonyl (C=O) groups excluding carboxylic acids is 1. The van der Waals surface area contributed by atoms with Gasteiger partial charge in [-0.15, -0.1) is 0 Å². The van der Waals surface area contributed by atoms with Gasteiger partial charge in [0.15, 0.2) is 6.61 Å². The first-order valence-electron chi connectivity index (χ1n) is 15.6. The van der Waals surface area contributed by atoms with Gasteiger partial charge in [-0.25, -0.2) is 4.79 Å². The zero-order chi connectivity index (χ0) is 28.9. The van der Waals surface area contributed by atoms with Gasteiger partial charge in [0.25, 0.3) is 0 Å². The van der Waals surface area contributed by atoms with Crippen molar-refractivity contribution in [3.63, 3.8) is 0 Å². The number of ether oxygens (including phenoxy) is 1. The summed E-state index contributed by atoms with van der Waals surface area (Å²) in [5, 5.41) is 9.25. The second-order valence-electron chi connectivity index (χ2n) is 15.6. The van der Waals surface area contributed by atoms with Crippen LogP contribution in [0.2, 0.25) is 0 Å². The zero-order valence-corrected chi connectivity index (χ0v) is 25.4. The van der Waals surface area contributed by atoms with Gasteiger partial charge in [0.2, 0.25) is 0 Å². The van der Waals surface area contributed by atoms with Crippen LogP contribution in [0.3, 0.4) is 0 Å². The molecular weight excluding hydrogens is 500 g/mol. The van der Waals surface area contributed by atoms with Crippen LogP contribution in [0.15, 0.2) is 24.5 Å². The molecule has 5 aliphatic rings. The van der Waals surface area contributed by atoms with Gasteiger partial charge in [0.1, 0.15) is 0 Å². The zero-order valence-electron chi connectivity index (χ0n) is 25.4. The van der Waals surface area contributed by atoms with E-state index in [-0.39, 0.29) is 39.5 Å². The lowest BCUT2D eigenvalue weighted by molar-refractivity contribution is -0.229. The van der Waals surface area contributed by atoms with Crippen molar-refractivity contribution < 1.29 is 19.4 Å². The van der Waals surface area contributed by atoms with Gasteiger partial charge in [-0.1, -0.05) is 46.8 Å². The monoisotopic (exact) mass is 548 g/mol. The Bertz CT molecular complexity index is 1260. The van der Waals surface area contributed by atoms with Crippen LogP contribution in [-0.4, -0.2) is 33.6 Å². The standard InChI is InChI=1S/C34H48N2O4/c1-20(2)21-10-13-34(29(39)40-19-26(37)38)15-14-32(6)22(27(21)34)8-9-25-31(5)18-23-28(36-17-16-35-23)30(3,4)24(31)11-12-33(25,32)7/h16-17,21-22,24-25,27H,1,8-15,18-19H2,2-7H3,(H,37,38)/t21?,22?,24?,25?,27?,31?,32-,33?,34?/m1/s1. The summed E-state index contributed by atoms with van der Waals surface area (Å²) in [5.74, 6) is 0.616. The number of nitrogens with zero attached hydrogens (tertiary/aromatic N) is 2. The van der Waals surface area contributed by atoms with Gasteiger partial charge in [-0.2, -0.15) is 0 Å². The average Bonchev–Trinajstić information content (AvgIpc) is 3.29. The summed E-state index contributed by atoms with van der Waals surface area (Å²) in [6.45, 7) is 18.5. The SMILES string of the molecule is C=C(C)C1CCC2(C(=O)OCC(=O)O)CC[C@]3(C)C(CCC4C5(C)Cc6nccnc6C(C)(C)C5CCC43C)C12. The topological polar surface area (TPSA) is 89.4 Å². The first kappa shape index (κ1) is 27.9. The van der Waals surface area contributed by atoms with Crippen molar-refractivity contribution in [2.45, 2.75) is 105 Å². The molecule has 9 atom stereocenters. The van der Waals surface area contributed by atoms with Gasteiger partial charge in [0, 0.05) is 17.8 Å². The van der Waals surface area contributed by atoms with E-state index in [9.17, 15) is 14.7 Å². The van der Waals surface area contributed by atoms with Crippen molar-refractivity contribution in [1.82, 2.24) is 9.97 Å². The van der Waals surface area contributed by atoms with Crippen molar-refractivity contribution in [1.29, 1.82) is 0 Å². The number of esters is 1. The molecule has 0 amide bonds. The Morgan fingerprint density at radius 1 is 0.950 bits per heavy atom. The summed E-state index contributed by atoms with van der Waals surface area (Å²) in [4.78, 5) is 34.7. The second-order valence-corrected chi connectivity index (χ2v) is 15.6. The minimum atomic E-state index is -1.09. The molecule has 8 unspecified atom stereocenters. The molecule has 0 saturated heterocycles. The third-order valence-corrected chi connectivity index (χ3v) is 13.9. The molecule has 0 aromatic carbocycles. The van der Waals surface area contributed by atoms with Gasteiger partial charge >= 0.3 is 11.9 Å². The van der Waals surface area contributed by atoms with E-state index < -0.39 is 18.0 Å². The molecule has 1 N–H and O–H groups in total. The third-order valence-electron chi connectivity index (χ3n) is 13.9. The highest BCUT2D eigenvalue weighted by Crippen LogP contribution is 2.77. The minimum absolute atomic E-state index is 0.0121. The largest absolute Gasteiger partial charge is 0.479 e. The van der Waals surface area contributed by atoms with Crippen LogP contribution >= 0.6 is 0 Å². The Balaban J connectivity index is 1.40. The fraction of sp³-hybridized carbons (Fsp3) is 0.765. The van der Waals surface area contributed by atoms with E-state index in [1.165, 1.54) is 24.2 Å². The van der Waals surface area contributed by atoms with Gasteiger partial charge < -0.3 is 9.84 Å². The molecule has 5 aliphatic carbocycles. The maximum atomic E-state index is 13.7. The van der Waals surface area contributed by atoms with Crippen molar-refractivity contribution in [3.8, 4) is 0 Å². The van der Waals surface area contributed by atoms with Crippen molar-refractivity contribution in [2.75, 3.05) is 6.61 Å². The lowest BCUT2D eigenvalue weighted by Crippen LogP contribution is -2.67. The second kappa shape index (κ2) is 8.88. The summed E-state index contributed by atoms with van der Waals surface area (Å²) in [6, 6.07) is 0. The molecule has 4 saturated carbocycles. The summed E-state index contributed by atoms with van der Waals surface area (Å²) < 4.78 is 5.48. The Morgan fingerprint density at radius 3 is 2.38 bits per heavy atom. The number of carboxylic acid groups (broad SMARTS) is 1.